The van der Waals surface area contributed by atoms with E-state index in [0.717, 1.165) is 51.9 Å². The smallest absolute Gasteiger partial charge is 0.242 e. The van der Waals surface area contributed by atoms with Gasteiger partial charge >= 0.3 is 0 Å². The number of nitrogens with zero attached hydrogens (tertiary/aromatic N) is 2. The molecule has 4 nitrogen and oxygen atoms in total. The molecule has 124 valence electrons. The predicted octanol–water partition coefficient (Wildman–Crippen LogP) is 2.45. The van der Waals surface area contributed by atoms with E-state index in [0.29, 0.717) is 0 Å². The van der Waals surface area contributed by atoms with Gasteiger partial charge in [-0.25, -0.2) is 0 Å². The molecular weight excluding hydrogens is 321 g/mol. The van der Waals surface area contributed by atoms with Crippen LogP contribution in [0.1, 0.15) is 25.7 Å². The van der Waals surface area contributed by atoms with Crippen molar-refractivity contribution in [3.05, 3.63) is 30.3 Å². The molecule has 1 saturated carbocycles. The number of anilines is 1. The number of hydrogen-bond donors (Lipinski definition) is 1. The molecule has 0 spiro atoms. The Bertz CT molecular complexity index is 470. The van der Waals surface area contributed by atoms with Crippen LogP contribution in [0.2, 0.25) is 0 Å². The van der Waals surface area contributed by atoms with Crippen LogP contribution in [0.5, 0.6) is 0 Å². The number of rotatable bonds is 2. The van der Waals surface area contributed by atoms with Gasteiger partial charge < -0.3 is 15.5 Å². The fourth-order valence-electron chi connectivity index (χ4n) is 3.34. The van der Waals surface area contributed by atoms with Crippen molar-refractivity contribution in [1.82, 2.24) is 4.90 Å². The van der Waals surface area contributed by atoms with Crippen molar-refractivity contribution in [1.29, 1.82) is 0 Å². The number of nitrogens with two attached hydrogens (primary N) is 1. The summed E-state index contributed by atoms with van der Waals surface area (Å²) in [7, 11) is 0. The van der Waals surface area contributed by atoms with Crippen LogP contribution >= 0.6 is 24.8 Å². The summed E-state index contributed by atoms with van der Waals surface area (Å²) < 4.78 is 0. The number of amides is 1. The van der Waals surface area contributed by atoms with Crippen LogP contribution in [0.15, 0.2) is 30.3 Å². The van der Waals surface area contributed by atoms with Crippen LogP contribution in [-0.2, 0) is 4.79 Å². The second-order valence-electron chi connectivity index (χ2n) is 5.98. The highest BCUT2D eigenvalue weighted by Gasteiger charge is 2.40. The van der Waals surface area contributed by atoms with Crippen molar-refractivity contribution in [3.63, 3.8) is 0 Å². The molecule has 2 fully saturated rings. The van der Waals surface area contributed by atoms with Gasteiger partial charge in [-0.1, -0.05) is 31.0 Å². The first-order chi connectivity index (χ1) is 9.69. The van der Waals surface area contributed by atoms with E-state index in [1.165, 1.54) is 5.69 Å². The number of carbonyl (C=O) groups is 1. The second kappa shape index (κ2) is 8.04. The number of halogens is 2. The lowest BCUT2D eigenvalue weighted by Gasteiger charge is -2.39. The minimum atomic E-state index is -0.574. The Balaban J connectivity index is 0.00000121. The summed E-state index contributed by atoms with van der Waals surface area (Å²) in [5.74, 6) is 0.169. The molecule has 0 unspecified atom stereocenters. The van der Waals surface area contributed by atoms with Crippen molar-refractivity contribution in [2.24, 2.45) is 5.73 Å². The maximum atomic E-state index is 12.5. The molecule has 0 bridgehead atoms. The molecule has 0 atom stereocenters. The number of hydrogen-bond acceptors (Lipinski definition) is 3. The van der Waals surface area contributed by atoms with E-state index in [2.05, 4.69) is 29.2 Å². The van der Waals surface area contributed by atoms with Gasteiger partial charge in [0.15, 0.2) is 0 Å². The molecule has 0 aromatic heterocycles. The van der Waals surface area contributed by atoms with Crippen LogP contribution in [-0.4, -0.2) is 42.5 Å². The molecule has 2 aliphatic rings. The monoisotopic (exact) mass is 345 g/mol. The molecule has 1 aromatic carbocycles. The van der Waals surface area contributed by atoms with Crippen LogP contribution in [0.25, 0.3) is 0 Å². The normalized spacial score (nSPS) is 20.0. The zero-order valence-electron chi connectivity index (χ0n) is 12.7. The molecular formula is C16H25Cl2N3O. The molecule has 1 aromatic rings. The Morgan fingerprint density at radius 1 is 0.955 bits per heavy atom. The predicted molar refractivity (Wildman–Crippen MR) is 95.1 cm³/mol. The van der Waals surface area contributed by atoms with Gasteiger partial charge in [0, 0.05) is 31.9 Å². The minimum Gasteiger partial charge on any atom is -0.368 e. The first-order valence-corrected chi connectivity index (χ1v) is 7.57. The highest BCUT2D eigenvalue weighted by Crippen LogP contribution is 2.29. The third-order valence-electron chi connectivity index (χ3n) is 4.61. The lowest BCUT2D eigenvalue weighted by molar-refractivity contribution is -0.137. The largest absolute Gasteiger partial charge is 0.368 e. The summed E-state index contributed by atoms with van der Waals surface area (Å²) in [6.45, 7) is 3.36. The molecule has 22 heavy (non-hydrogen) atoms. The van der Waals surface area contributed by atoms with Crippen molar-refractivity contribution in [2.75, 3.05) is 31.1 Å². The van der Waals surface area contributed by atoms with E-state index >= 15 is 0 Å². The first-order valence-electron chi connectivity index (χ1n) is 7.57. The Labute approximate surface area is 144 Å². The minimum absolute atomic E-state index is 0. The zero-order valence-corrected chi connectivity index (χ0v) is 14.4. The number of benzene rings is 1. The quantitative estimate of drug-likeness (QED) is 0.895. The van der Waals surface area contributed by atoms with Gasteiger partial charge in [0.1, 0.15) is 0 Å². The van der Waals surface area contributed by atoms with Gasteiger partial charge in [-0.15, -0.1) is 24.8 Å². The van der Waals surface area contributed by atoms with E-state index < -0.39 is 5.54 Å². The molecule has 1 aliphatic carbocycles. The molecule has 1 heterocycles. The van der Waals surface area contributed by atoms with Gasteiger partial charge in [-0.3, -0.25) is 4.79 Å². The molecule has 1 saturated heterocycles. The van der Waals surface area contributed by atoms with E-state index in [1.807, 2.05) is 11.0 Å². The van der Waals surface area contributed by atoms with Crippen molar-refractivity contribution >= 4 is 36.4 Å². The summed E-state index contributed by atoms with van der Waals surface area (Å²) in [5, 5.41) is 0. The van der Waals surface area contributed by atoms with Crippen LogP contribution in [0.3, 0.4) is 0 Å². The average Bonchev–Trinajstić information content (AvgIpc) is 2.96. The number of para-hydroxylation sites is 1. The third-order valence-corrected chi connectivity index (χ3v) is 4.61. The lowest BCUT2D eigenvalue weighted by atomic mass is 9.97. The van der Waals surface area contributed by atoms with Gasteiger partial charge in [-0.2, -0.15) is 0 Å². The summed E-state index contributed by atoms with van der Waals surface area (Å²) >= 11 is 0. The fraction of sp³-hybridized carbons (Fsp3) is 0.562. The van der Waals surface area contributed by atoms with Gasteiger partial charge in [0.25, 0.3) is 0 Å². The fourth-order valence-corrected chi connectivity index (χ4v) is 3.34. The third kappa shape index (κ3) is 3.86. The van der Waals surface area contributed by atoms with Gasteiger partial charge in [0.2, 0.25) is 5.91 Å². The molecule has 0 radical (unpaired) electrons. The molecule has 1 aliphatic heterocycles. The van der Waals surface area contributed by atoms with E-state index in [-0.39, 0.29) is 30.7 Å². The zero-order chi connectivity index (χ0) is 14.0. The van der Waals surface area contributed by atoms with E-state index in [1.54, 1.807) is 0 Å². The lowest BCUT2D eigenvalue weighted by Crippen LogP contribution is -2.58. The van der Waals surface area contributed by atoms with Crippen molar-refractivity contribution in [2.45, 2.75) is 31.2 Å². The Morgan fingerprint density at radius 3 is 2.05 bits per heavy atom. The second-order valence-corrected chi connectivity index (χ2v) is 5.98. The van der Waals surface area contributed by atoms with Crippen LogP contribution < -0.4 is 10.6 Å². The Hall–Kier alpha value is -0.970. The van der Waals surface area contributed by atoms with Crippen LogP contribution in [0.4, 0.5) is 5.69 Å². The highest BCUT2D eigenvalue weighted by molar-refractivity contribution is 5.86. The highest BCUT2D eigenvalue weighted by atomic mass is 35.5. The van der Waals surface area contributed by atoms with Crippen molar-refractivity contribution in [3.8, 4) is 0 Å². The molecule has 2 N–H and O–H groups in total. The van der Waals surface area contributed by atoms with Gasteiger partial charge in [-0.05, 0) is 25.0 Å². The Morgan fingerprint density at radius 2 is 1.50 bits per heavy atom. The standard InChI is InChI=1S/C16H23N3O.2ClH/c17-16(8-4-5-9-16)15(20)19-12-10-18(11-13-19)14-6-2-1-3-7-14;;/h1-3,6-7H,4-5,8-13,17H2;2*1H. The SMILES string of the molecule is Cl.Cl.NC1(C(=O)N2CCN(c3ccccc3)CC2)CCCC1. The number of piperazine rings is 1. The van der Waals surface area contributed by atoms with E-state index in [4.69, 9.17) is 5.73 Å². The number of carbonyl (C=O) groups excluding carboxylic acids is 1. The molecule has 1 amide bonds. The molecule has 6 heteroatoms. The van der Waals surface area contributed by atoms with Crippen LogP contribution in [0, 0.1) is 0 Å². The first kappa shape index (κ1) is 19.1. The summed E-state index contributed by atoms with van der Waals surface area (Å²) in [6.07, 6.45) is 3.88. The van der Waals surface area contributed by atoms with Gasteiger partial charge in [0.05, 0.1) is 5.54 Å². The summed E-state index contributed by atoms with van der Waals surface area (Å²) in [6, 6.07) is 10.4. The molecule has 3 rings (SSSR count). The topological polar surface area (TPSA) is 49.6 Å². The van der Waals surface area contributed by atoms with Crippen molar-refractivity contribution < 1.29 is 4.79 Å². The summed E-state index contributed by atoms with van der Waals surface area (Å²) in [4.78, 5) is 16.8. The average molecular weight is 346 g/mol. The van der Waals surface area contributed by atoms with E-state index in [9.17, 15) is 4.79 Å². The summed E-state index contributed by atoms with van der Waals surface area (Å²) in [5.41, 5.74) is 6.94. The Kier molecular flexibility index (Phi) is 6.98. The maximum Gasteiger partial charge on any atom is 0.242 e. The maximum absolute atomic E-state index is 12.5.